The summed E-state index contributed by atoms with van der Waals surface area (Å²) < 4.78 is 6.82. The Morgan fingerprint density at radius 1 is 1.21 bits per heavy atom. The first-order valence-electron chi connectivity index (χ1n) is 7.58. The Bertz CT molecular complexity index is 894. The molecule has 0 aliphatic rings. The largest absolute Gasteiger partial charge is 0.494 e. The fourth-order valence-corrected chi connectivity index (χ4v) is 2.33. The van der Waals surface area contributed by atoms with Crippen LogP contribution in [0.5, 0.6) is 5.75 Å². The molecule has 24 heavy (non-hydrogen) atoms. The summed E-state index contributed by atoms with van der Waals surface area (Å²) in [5, 5.41) is 2.83. The molecule has 6 heteroatoms. The zero-order valence-corrected chi connectivity index (χ0v) is 13.2. The summed E-state index contributed by atoms with van der Waals surface area (Å²) in [6.07, 6.45) is 3.20. The number of aromatic nitrogens is 2. The smallest absolute Gasteiger partial charge is 0.330 e. The van der Waals surface area contributed by atoms with E-state index >= 15 is 0 Å². The molecule has 0 fully saturated rings. The molecule has 1 heterocycles. The second-order valence-electron chi connectivity index (χ2n) is 5.10. The molecule has 0 unspecified atom stereocenters. The lowest BCUT2D eigenvalue weighted by Crippen LogP contribution is -2.15. The van der Waals surface area contributed by atoms with Gasteiger partial charge < -0.3 is 15.0 Å². The summed E-state index contributed by atoms with van der Waals surface area (Å²) >= 11 is 0. The molecule has 0 bridgehead atoms. The van der Waals surface area contributed by atoms with Crippen LogP contribution in [-0.4, -0.2) is 22.1 Å². The van der Waals surface area contributed by atoms with E-state index in [4.69, 9.17) is 4.74 Å². The minimum absolute atomic E-state index is 0.225. The van der Waals surface area contributed by atoms with Crippen molar-refractivity contribution in [2.24, 2.45) is 0 Å². The van der Waals surface area contributed by atoms with Crippen LogP contribution in [0.1, 0.15) is 17.3 Å². The molecule has 0 atom stereocenters. The topological polar surface area (TPSA) is 76.1 Å². The van der Waals surface area contributed by atoms with Crippen LogP contribution in [0.4, 0.5) is 5.69 Å². The van der Waals surface area contributed by atoms with Crippen molar-refractivity contribution in [3.8, 4) is 11.4 Å². The zero-order valence-electron chi connectivity index (χ0n) is 13.2. The van der Waals surface area contributed by atoms with E-state index < -0.39 is 0 Å². The molecule has 1 aromatic heterocycles. The average Bonchev–Trinajstić information content (AvgIpc) is 3.02. The number of carbonyl (C=O) groups excluding carboxylic acids is 1. The van der Waals surface area contributed by atoms with Crippen molar-refractivity contribution in [3.05, 3.63) is 77.0 Å². The van der Waals surface area contributed by atoms with Gasteiger partial charge in [0.15, 0.2) is 0 Å². The molecule has 0 aliphatic heterocycles. The molecule has 6 nitrogen and oxygen atoms in total. The quantitative estimate of drug-likeness (QED) is 0.758. The minimum Gasteiger partial charge on any atom is -0.494 e. The lowest BCUT2D eigenvalue weighted by Gasteiger charge is -2.08. The monoisotopic (exact) mass is 323 g/mol. The zero-order chi connectivity index (χ0) is 16.9. The Morgan fingerprint density at radius 2 is 2.00 bits per heavy atom. The molecule has 122 valence electrons. The summed E-state index contributed by atoms with van der Waals surface area (Å²) in [7, 11) is 0. The molecule has 3 rings (SSSR count). The lowest BCUT2D eigenvalue weighted by atomic mass is 10.2. The van der Waals surface area contributed by atoms with E-state index in [1.165, 1.54) is 4.57 Å². The molecule has 0 radical (unpaired) electrons. The number of nitrogens with one attached hydrogen (secondary N) is 2. The van der Waals surface area contributed by atoms with Crippen LogP contribution in [0, 0.1) is 0 Å². The standard InChI is InChI=1S/C18H17N3O3/c1-2-24-16-8-6-13(7-9-16)17(22)20-14-4-3-5-15(12-14)21-11-10-19-18(21)23/h3-12H,2H2,1H3,(H,19,23)(H,20,22). The van der Waals surface area contributed by atoms with Crippen molar-refractivity contribution in [2.45, 2.75) is 6.92 Å². The SMILES string of the molecule is CCOc1ccc(C(=O)Nc2cccc(-n3cc[nH]c3=O)c2)cc1. The second-order valence-corrected chi connectivity index (χ2v) is 5.10. The molecule has 1 amide bonds. The highest BCUT2D eigenvalue weighted by Crippen LogP contribution is 2.16. The Balaban J connectivity index is 1.77. The van der Waals surface area contributed by atoms with E-state index in [1.807, 2.05) is 6.92 Å². The van der Waals surface area contributed by atoms with E-state index in [2.05, 4.69) is 10.3 Å². The van der Waals surface area contributed by atoms with Crippen LogP contribution in [0.2, 0.25) is 0 Å². The number of benzene rings is 2. The maximum atomic E-state index is 12.3. The van der Waals surface area contributed by atoms with Gasteiger partial charge in [0, 0.05) is 23.6 Å². The van der Waals surface area contributed by atoms with E-state index in [9.17, 15) is 9.59 Å². The highest BCUT2D eigenvalue weighted by Gasteiger charge is 2.08. The maximum absolute atomic E-state index is 12.3. The summed E-state index contributed by atoms with van der Waals surface area (Å²) in [6.45, 7) is 2.49. The predicted molar refractivity (Wildman–Crippen MR) is 92.0 cm³/mol. The van der Waals surface area contributed by atoms with Crippen LogP contribution in [0.25, 0.3) is 5.69 Å². The second kappa shape index (κ2) is 6.87. The summed E-state index contributed by atoms with van der Waals surface area (Å²) in [4.78, 5) is 26.6. The fourth-order valence-electron chi connectivity index (χ4n) is 2.33. The van der Waals surface area contributed by atoms with Gasteiger partial charge in [-0.1, -0.05) is 6.07 Å². The molecule has 3 aromatic rings. The van der Waals surface area contributed by atoms with Gasteiger partial charge >= 0.3 is 5.69 Å². The number of H-pyrrole nitrogens is 1. The Morgan fingerprint density at radius 3 is 2.67 bits per heavy atom. The van der Waals surface area contributed by atoms with Gasteiger partial charge in [0.25, 0.3) is 5.91 Å². The number of carbonyl (C=O) groups is 1. The van der Waals surface area contributed by atoms with Crippen LogP contribution >= 0.6 is 0 Å². The molecule has 0 saturated heterocycles. The van der Waals surface area contributed by atoms with Crippen molar-refractivity contribution < 1.29 is 9.53 Å². The van der Waals surface area contributed by atoms with Crippen molar-refractivity contribution in [1.82, 2.24) is 9.55 Å². The summed E-state index contributed by atoms with van der Waals surface area (Å²) in [6, 6.07) is 14.0. The maximum Gasteiger partial charge on any atom is 0.330 e. The number of rotatable bonds is 5. The number of ether oxygens (including phenoxy) is 1. The van der Waals surface area contributed by atoms with Crippen LogP contribution in [-0.2, 0) is 0 Å². The van der Waals surface area contributed by atoms with E-state index in [1.54, 1.807) is 60.9 Å². The third kappa shape index (κ3) is 3.38. The Labute approximate surface area is 138 Å². The van der Waals surface area contributed by atoms with E-state index in [-0.39, 0.29) is 11.6 Å². The van der Waals surface area contributed by atoms with Gasteiger partial charge in [-0.3, -0.25) is 9.36 Å². The Hall–Kier alpha value is -3.28. The average molecular weight is 323 g/mol. The number of imidazole rings is 1. The predicted octanol–water partition coefficient (Wildman–Crippen LogP) is 2.82. The van der Waals surface area contributed by atoms with Crippen molar-refractivity contribution >= 4 is 11.6 Å². The number of nitrogens with zero attached hydrogens (tertiary/aromatic N) is 1. The molecule has 0 saturated carbocycles. The van der Waals surface area contributed by atoms with Crippen LogP contribution < -0.4 is 15.7 Å². The van der Waals surface area contributed by atoms with Gasteiger partial charge in [0.05, 0.1) is 12.3 Å². The first-order valence-corrected chi connectivity index (χ1v) is 7.58. The van der Waals surface area contributed by atoms with Gasteiger partial charge in [-0.05, 0) is 49.4 Å². The highest BCUT2D eigenvalue weighted by atomic mass is 16.5. The summed E-state index contributed by atoms with van der Waals surface area (Å²) in [5.41, 5.74) is 1.58. The minimum atomic E-state index is -0.231. The van der Waals surface area contributed by atoms with Gasteiger partial charge in [-0.15, -0.1) is 0 Å². The van der Waals surface area contributed by atoms with Gasteiger partial charge in [0.2, 0.25) is 0 Å². The summed E-state index contributed by atoms with van der Waals surface area (Å²) in [5.74, 6) is 0.500. The molecule has 2 aromatic carbocycles. The number of hydrogen-bond donors (Lipinski definition) is 2. The first kappa shape index (κ1) is 15.6. The van der Waals surface area contributed by atoms with E-state index in [0.29, 0.717) is 23.5 Å². The van der Waals surface area contributed by atoms with Crippen molar-refractivity contribution in [3.63, 3.8) is 0 Å². The van der Waals surface area contributed by atoms with Crippen molar-refractivity contribution in [1.29, 1.82) is 0 Å². The van der Waals surface area contributed by atoms with Crippen LogP contribution in [0.3, 0.4) is 0 Å². The fraction of sp³-hybridized carbons (Fsp3) is 0.111. The van der Waals surface area contributed by atoms with E-state index in [0.717, 1.165) is 5.75 Å². The highest BCUT2D eigenvalue weighted by molar-refractivity contribution is 6.04. The molecule has 0 aliphatic carbocycles. The van der Waals surface area contributed by atoms with Gasteiger partial charge in [0.1, 0.15) is 5.75 Å². The van der Waals surface area contributed by atoms with Crippen LogP contribution in [0.15, 0.2) is 65.7 Å². The number of anilines is 1. The molecular formula is C18H17N3O3. The molecule has 0 spiro atoms. The Kier molecular flexibility index (Phi) is 4.47. The van der Waals surface area contributed by atoms with Gasteiger partial charge in [-0.2, -0.15) is 0 Å². The lowest BCUT2D eigenvalue weighted by molar-refractivity contribution is 0.102. The molecule has 2 N–H and O–H groups in total. The first-order chi connectivity index (χ1) is 11.7. The normalized spacial score (nSPS) is 10.4. The number of hydrogen-bond acceptors (Lipinski definition) is 3. The third-order valence-corrected chi connectivity index (χ3v) is 3.46. The van der Waals surface area contributed by atoms with Crippen molar-refractivity contribution in [2.75, 3.05) is 11.9 Å². The number of amides is 1. The third-order valence-electron chi connectivity index (χ3n) is 3.46. The van der Waals surface area contributed by atoms with Gasteiger partial charge in [-0.25, -0.2) is 4.79 Å². The number of aromatic amines is 1. The molecular weight excluding hydrogens is 306 g/mol.